The third-order valence-corrected chi connectivity index (χ3v) is 2.79. The Bertz CT molecular complexity index is 229. The molecule has 0 saturated carbocycles. The smallest absolute Gasteiger partial charge is 0.234 e. The molecule has 17 heavy (non-hydrogen) atoms. The molecule has 1 unspecified atom stereocenters. The monoisotopic (exact) mass is 243 g/mol. The Morgan fingerprint density at radius 2 is 2.06 bits per heavy atom. The minimum atomic E-state index is 0.0596. The Hall–Kier alpha value is -0.610. The Kier molecular flexibility index (Phi) is 7.39. The maximum atomic E-state index is 11.7. The lowest BCUT2D eigenvalue weighted by molar-refractivity contribution is -0.122. The van der Waals surface area contributed by atoms with E-state index in [-0.39, 0.29) is 17.4 Å². The van der Waals surface area contributed by atoms with Gasteiger partial charge in [-0.1, -0.05) is 27.2 Å². The van der Waals surface area contributed by atoms with Crippen molar-refractivity contribution in [2.45, 2.75) is 46.6 Å². The molecule has 0 aromatic rings. The number of likely N-dealkylation sites (N-methyl/N-ethyl adjacent to an activating group) is 1. The topological polar surface area (TPSA) is 58.4 Å². The summed E-state index contributed by atoms with van der Waals surface area (Å²) in [5, 5.41) is 3.00. The molecule has 0 heterocycles. The number of carbonyl (C=O) groups excluding carboxylic acids is 1. The third kappa shape index (κ3) is 8.16. The lowest BCUT2D eigenvalue weighted by atomic mass is 9.93. The molecule has 0 spiro atoms. The largest absolute Gasteiger partial charge is 0.353 e. The van der Waals surface area contributed by atoms with E-state index in [0.717, 1.165) is 19.4 Å². The summed E-state index contributed by atoms with van der Waals surface area (Å²) in [6, 6.07) is 0.267. The first-order valence-corrected chi connectivity index (χ1v) is 6.48. The third-order valence-electron chi connectivity index (χ3n) is 2.79. The first-order valence-electron chi connectivity index (χ1n) is 6.48. The van der Waals surface area contributed by atoms with Gasteiger partial charge >= 0.3 is 0 Å². The molecule has 3 N–H and O–H groups in total. The van der Waals surface area contributed by atoms with Gasteiger partial charge in [-0.25, -0.2) is 0 Å². The molecule has 0 aromatic heterocycles. The highest BCUT2D eigenvalue weighted by molar-refractivity contribution is 5.78. The van der Waals surface area contributed by atoms with E-state index in [1.165, 1.54) is 0 Å². The highest BCUT2D eigenvalue weighted by Crippen LogP contribution is 2.13. The van der Waals surface area contributed by atoms with Gasteiger partial charge in [0.2, 0.25) is 5.91 Å². The van der Waals surface area contributed by atoms with Crippen LogP contribution in [0, 0.1) is 5.41 Å². The van der Waals surface area contributed by atoms with E-state index in [1.807, 2.05) is 18.9 Å². The molecule has 0 aliphatic heterocycles. The highest BCUT2D eigenvalue weighted by atomic mass is 16.2. The number of nitrogens with zero attached hydrogens (tertiary/aromatic N) is 1. The van der Waals surface area contributed by atoms with Crippen LogP contribution in [0.25, 0.3) is 0 Å². The molecule has 0 radical (unpaired) electrons. The minimum absolute atomic E-state index is 0.0596. The summed E-state index contributed by atoms with van der Waals surface area (Å²) in [7, 11) is 1.96. The van der Waals surface area contributed by atoms with E-state index in [4.69, 9.17) is 5.73 Å². The molecule has 0 aromatic carbocycles. The van der Waals surface area contributed by atoms with Gasteiger partial charge in [-0.05, 0) is 32.4 Å². The maximum absolute atomic E-state index is 11.7. The maximum Gasteiger partial charge on any atom is 0.234 e. The summed E-state index contributed by atoms with van der Waals surface area (Å²) in [5.41, 5.74) is 5.74. The fourth-order valence-electron chi connectivity index (χ4n) is 1.92. The zero-order chi connectivity index (χ0) is 13.5. The van der Waals surface area contributed by atoms with Gasteiger partial charge in [0.15, 0.2) is 0 Å². The van der Waals surface area contributed by atoms with Gasteiger partial charge in [0.25, 0.3) is 0 Å². The van der Waals surface area contributed by atoms with Crippen molar-refractivity contribution in [3.63, 3.8) is 0 Å². The number of nitrogens with one attached hydrogen (secondary N) is 1. The van der Waals surface area contributed by atoms with Crippen molar-refractivity contribution in [2.75, 3.05) is 26.7 Å². The van der Waals surface area contributed by atoms with Crippen molar-refractivity contribution < 1.29 is 4.79 Å². The lowest BCUT2D eigenvalue weighted by Gasteiger charge is -2.28. The molecular weight excluding hydrogens is 214 g/mol. The van der Waals surface area contributed by atoms with Crippen LogP contribution in [0.5, 0.6) is 0 Å². The first kappa shape index (κ1) is 16.4. The summed E-state index contributed by atoms with van der Waals surface area (Å²) in [6.07, 6.45) is 2.13. The number of hydrogen-bond acceptors (Lipinski definition) is 3. The fourth-order valence-corrected chi connectivity index (χ4v) is 1.92. The number of rotatable bonds is 8. The van der Waals surface area contributed by atoms with E-state index >= 15 is 0 Å². The van der Waals surface area contributed by atoms with Crippen molar-refractivity contribution in [2.24, 2.45) is 11.1 Å². The summed E-state index contributed by atoms with van der Waals surface area (Å²) in [4.78, 5) is 13.8. The van der Waals surface area contributed by atoms with Crippen LogP contribution in [0.1, 0.15) is 40.5 Å². The predicted molar refractivity (Wildman–Crippen MR) is 72.8 cm³/mol. The quantitative estimate of drug-likeness (QED) is 0.673. The summed E-state index contributed by atoms with van der Waals surface area (Å²) in [6.45, 7) is 10.3. The van der Waals surface area contributed by atoms with E-state index in [1.54, 1.807) is 0 Å². The second-order valence-corrected chi connectivity index (χ2v) is 5.80. The van der Waals surface area contributed by atoms with E-state index in [9.17, 15) is 4.79 Å². The van der Waals surface area contributed by atoms with Crippen molar-refractivity contribution in [1.29, 1.82) is 0 Å². The second-order valence-electron chi connectivity index (χ2n) is 5.80. The van der Waals surface area contributed by atoms with Gasteiger partial charge in [-0.3, -0.25) is 9.69 Å². The van der Waals surface area contributed by atoms with Gasteiger partial charge in [0.1, 0.15) is 0 Å². The van der Waals surface area contributed by atoms with Crippen LogP contribution < -0.4 is 11.1 Å². The standard InChI is InChI=1S/C13H29N3O/c1-6-7-11(2)15-12(17)8-16(5)10-13(3,4)9-14/h11H,6-10,14H2,1-5H3,(H,15,17). The SMILES string of the molecule is CCCC(C)NC(=O)CN(C)CC(C)(C)CN. The molecule has 0 saturated heterocycles. The molecule has 4 nitrogen and oxygen atoms in total. The normalized spacial score (nSPS) is 13.8. The number of amides is 1. The predicted octanol–water partition coefficient (Wildman–Crippen LogP) is 1.21. The molecule has 4 heteroatoms. The van der Waals surface area contributed by atoms with E-state index in [2.05, 4.69) is 26.1 Å². The summed E-state index contributed by atoms with van der Waals surface area (Å²) < 4.78 is 0. The molecule has 0 bridgehead atoms. The molecule has 0 rings (SSSR count). The fraction of sp³-hybridized carbons (Fsp3) is 0.923. The van der Waals surface area contributed by atoms with Crippen LogP contribution in [-0.2, 0) is 4.79 Å². The highest BCUT2D eigenvalue weighted by Gasteiger charge is 2.19. The van der Waals surface area contributed by atoms with Crippen LogP contribution in [0.4, 0.5) is 0 Å². The number of nitrogens with two attached hydrogens (primary N) is 1. The Balaban J connectivity index is 3.95. The van der Waals surface area contributed by atoms with Crippen LogP contribution in [0.3, 0.4) is 0 Å². The first-order chi connectivity index (χ1) is 7.80. The Morgan fingerprint density at radius 3 is 2.53 bits per heavy atom. The minimum Gasteiger partial charge on any atom is -0.353 e. The number of carbonyl (C=O) groups is 1. The van der Waals surface area contributed by atoms with Gasteiger partial charge < -0.3 is 11.1 Å². The molecular formula is C13H29N3O. The van der Waals surface area contributed by atoms with Crippen molar-refractivity contribution in [3.8, 4) is 0 Å². The average Bonchev–Trinajstić information content (AvgIpc) is 2.16. The average molecular weight is 243 g/mol. The second kappa shape index (κ2) is 7.67. The summed E-state index contributed by atoms with van der Waals surface area (Å²) >= 11 is 0. The van der Waals surface area contributed by atoms with Gasteiger partial charge in [-0.15, -0.1) is 0 Å². The molecule has 0 aliphatic carbocycles. The Labute approximate surface area is 106 Å². The van der Waals surface area contributed by atoms with Crippen LogP contribution in [0.2, 0.25) is 0 Å². The molecule has 0 aliphatic rings. The molecule has 1 atom stereocenters. The molecule has 1 amide bonds. The van der Waals surface area contributed by atoms with Gasteiger partial charge in [0, 0.05) is 12.6 Å². The van der Waals surface area contributed by atoms with Crippen molar-refractivity contribution >= 4 is 5.91 Å². The molecule has 0 fully saturated rings. The zero-order valence-corrected chi connectivity index (χ0v) is 12.0. The van der Waals surface area contributed by atoms with Crippen molar-refractivity contribution in [3.05, 3.63) is 0 Å². The number of hydrogen-bond donors (Lipinski definition) is 2. The summed E-state index contributed by atoms with van der Waals surface area (Å²) in [5.74, 6) is 0.0984. The van der Waals surface area contributed by atoms with Crippen LogP contribution in [0.15, 0.2) is 0 Å². The van der Waals surface area contributed by atoms with Crippen LogP contribution >= 0.6 is 0 Å². The van der Waals surface area contributed by atoms with E-state index in [0.29, 0.717) is 13.1 Å². The molecule has 102 valence electrons. The van der Waals surface area contributed by atoms with Gasteiger partial charge in [0.05, 0.1) is 6.54 Å². The van der Waals surface area contributed by atoms with Gasteiger partial charge in [-0.2, -0.15) is 0 Å². The Morgan fingerprint density at radius 1 is 1.47 bits per heavy atom. The van der Waals surface area contributed by atoms with E-state index < -0.39 is 0 Å². The zero-order valence-electron chi connectivity index (χ0n) is 12.0. The lowest BCUT2D eigenvalue weighted by Crippen LogP contribution is -2.43. The van der Waals surface area contributed by atoms with Crippen LogP contribution in [-0.4, -0.2) is 43.5 Å². The van der Waals surface area contributed by atoms with Crippen molar-refractivity contribution in [1.82, 2.24) is 10.2 Å².